The molecule has 0 fully saturated rings. The van der Waals surface area contributed by atoms with Crippen LogP contribution >= 0.6 is 15.9 Å². The van der Waals surface area contributed by atoms with E-state index in [4.69, 9.17) is 0 Å². The maximum absolute atomic E-state index is 11.6. The minimum absolute atomic E-state index is 0.0123. The van der Waals surface area contributed by atoms with E-state index < -0.39 is 4.92 Å². The number of non-ortho nitro benzene ring substituents is 1. The van der Waals surface area contributed by atoms with Crippen LogP contribution in [0, 0.1) is 10.1 Å². The first-order valence-electron chi connectivity index (χ1n) is 7.74. The van der Waals surface area contributed by atoms with E-state index in [-0.39, 0.29) is 11.5 Å². The molecule has 0 unspecified atom stereocenters. The SMILES string of the molecule is CC(=O)/C(Br)=C/c1cn(-c2ccccc2)nc1-c1ccc([N+](=O)[O-])cc1. The Hall–Kier alpha value is -3.06. The van der Waals surface area contributed by atoms with E-state index in [1.165, 1.54) is 19.1 Å². The molecule has 6 nitrogen and oxygen atoms in total. The van der Waals surface area contributed by atoms with Gasteiger partial charge >= 0.3 is 0 Å². The lowest BCUT2D eigenvalue weighted by molar-refractivity contribution is -0.384. The molecule has 0 saturated carbocycles. The van der Waals surface area contributed by atoms with Gasteiger partial charge in [-0.15, -0.1) is 0 Å². The van der Waals surface area contributed by atoms with Gasteiger partial charge in [-0.2, -0.15) is 5.10 Å². The number of carbonyl (C=O) groups excluding carboxylic acids is 1. The van der Waals surface area contributed by atoms with Crippen LogP contribution in [-0.2, 0) is 4.79 Å². The molecule has 0 aliphatic rings. The Balaban J connectivity index is 2.12. The smallest absolute Gasteiger partial charge is 0.269 e. The Bertz CT molecular complexity index is 993. The topological polar surface area (TPSA) is 78.0 Å². The molecule has 1 aromatic heterocycles. The molecule has 0 saturated heterocycles. The molecule has 0 aliphatic carbocycles. The number of nitrogens with zero attached hydrogens (tertiary/aromatic N) is 3. The number of Topliss-reactive ketones (excluding diaryl/α,β-unsaturated/α-hetero) is 1. The predicted molar refractivity (Wildman–Crippen MR) is 103 cm³/mol. The Labute approximate surface area is 158 Å². The number of halogens is 1. The maximum atomic E-state index is 11.6. The van der Waals surface area contributed by atoms with E-state index in [0.29, 0.717) is 10.2 Å². The van der Waals surface area contributed by atoms with Gasteiger partial charge in [0.05, 0.1) is 20.8 Å². The van der Waals surface area contributed by atoms with Gasteiger partial charge in [0.2, 0.25) is 0 Å². The number of carbonyl (C=O) groups is 1. The first-order chi connectivity index (χ1) is 12.5. The minimum Gasteiger partial charge on any atom is -0.294 e. The zero-order chi connectivity index (χ0) is 18.7. The van der Waals surface area contributed by atoms with Gasteiger partial charge in [-0.05, 0) is 53.2 Å². The van der Waals surface area contributed by atoms with Crippen molar-refractivity contribution in [2.75, 3.05) is 0 Å². The second-order valence-corrected chi connectivity index (χ2v) is 6.42. The highest BCUT2D eigenvalue weighted by molar-refractivity contribution is 9.12. The zero-order valence-electron chi connectivity index (χ0n) is 13.8. The van der Waals surface area contributed by atoms with Crippen molar-refractivity contribution in [3.63, 3.8) is 0 Å². The molecular formula is C19H14BrN3O3. The molecule has 0 amide bonds. The molecule has 3 rings (SSSR count). The molecule has 0 aliphatic heterocycles. The number of ketones is 1. The van der Waals surface area contributed by atoms with Crippen molar-refractivity contribution in [2.45, 2.75) is 6.92 Å². The number of benzene rings is 2. The van der Waals surface area contributed by atoms with Crippen molar-refractivity contribution in [3.05, 3.63) is 81.0 Å². The highest BCUT2D eigenvalue weighted by atomic mass is 79.9. The van der Waals surface area contributed by atoms with Crippen LogP contribution in [0.1, 0.15) is 12.5 Å². The lowest BCUT2D eigenvalue weighted by Gasteiger charge is -2.00. The monoisotopic (exact) mass is 411 g/mol. The Morgan fingerprint density at radius 3 is 2.38 bits per heavy atom. The Morgan fingerprint density at radius 1 is 1.15 bits per heavy atom. The zero-order valence-corrected chi connectivity index (χ0v) is 15.4. The average molecular weight is 412 g/mol. The molecule has 130 valence electrons. The number of allylic oxidation sites excluding steroid dienone is 1. The summed E-state index contributed by atoms with van der Waals surface area (Å²) in [7, 11) is 0. The van der Waals surface area contributed by atoms with Gasteiger partial charge in [-0.1, -0.05) is 18.2 Å². The third-order valence-electron chi connectivity index (χ3n) is 3.73. The quantitative estimate of drug-likeness (QED) is 0.344. The molecule has 0 bridgehead atoms. The van der Waals surface area contributed by atoms with Crippen LogP contribution in [0.5, 0.6) is 0 Å². The van der Waals surface area contributed by atoms with Crippen molar-refractivity contribution in [3.8, 4) is 16.9 Å². The van der Waals surface area contributed by atoms with Gasteiger partial charge < -0.3 is 0 Å². The van der Waals surface area contributed by atoms with Crippen molar-refractivity contribution in [2.24, 2.45) is 0 Å². The summed E-state index contributed by atoms with van der Waals surface area (Å²) in [6, 6.07) is 15.7. The lowest BCUT2D eigenvalue weighted by Crippen LogP contribution is -1.94. The molecule has 0 N–H and O–H groups in total. The number of nitro groups is 1. The van der Waals surface area contributed by atoms with Crippen LogP contribution in [0.4, 0.5) is 5.69 Å². The van der Waals surface area contributed by atoms with Gasteiger partial charge in [0, 0.05) is 29.5 Å². The van der Waals surface area contributed by atoms with Crippen molar-refractivity contribution in [1.82, 2.24) is 9.78 Å². The van der Waals surface area contributed by atoms with Crippen LogP contribution in [0.2, 0.25) is 0 Å². The predicted octanol–water partition coefficient (Wildman–Crippen LogP) is 4.77. The summed E-state index contributed by atoms with van der Waals surface area (Å²) in [5.41, 5.74) is 2.96. The number of aromatic nitrogens is 2. The number of hydrogen-bond acceptors (Lipinski definition) is 4. The van der Waals surface area contributed by atoms with Gasteiger partial charge in [0.1, 0.15) is 0 Å². The van der Waals surface area contributed by atoms with Crippen LogP contribution in [0.3, 0.4) is 0 Å². The second kappa shape index (κ2) is 7.45. The Morgan fingerprint density at radius 2 is 1.81 bits per heavy atom. The van der Waals surface area contributed by atoms with Crippen molar-refractivity contribution >= 4 is 33.5 Å². The summed E-state index contributed by atoms with van der Waals surface area (Å²) in [5, 5.41) is 15.5. The minimum atomic E-state index is -0.445. The molecule has 1 heterocycles. The van der Waals surface area contributed by atoms with Crippen LogP contribution < -0.4 is 0 Å². The van der Waals surface area contributed by atoms with E-state index in [1.807, 2.05) is 36.5 Å². The van der Waals surface area contributed by atoms with Crippen LogP contribution in [-0.4, -0.2) is 20.5 Å². The summed E-state index contributed by atoms with van der Waals surface area (Å²) in [6.45, 7) is 1.47. The number of hydrogen-bond donors (Lipinski definition) is 0. The largest absolute Gasteiger partial charge is 0.294 e. The van der Waals surface area contributed by atoms with E-state index in [9.17, 15) is 14.9 Å². The lowest BCUT2D eigenvalue weighted by atomic mass is 10.1. The van der Waals surface area contributed by atoms with Crippen LogP contribution in [0.25, 0.3) is 23.0 Å². The molecule has 0 atom stereocenters. The maximum Gasteiger partial charge on any atom is 0.269 e. The fourth-order valence-corrected chi connectivity index (χ4v) is 2.66. The fraction of sp³-hybridized carbons (Fsp3) is 0.0526. The van der Waals surface area contributed by atoms with Gasteiger partial charge in [0.25, 0.3) is 5.69 Å². The summed E-state index contributed by atoms with van der Waals surface area (Å²) in [5.74, 6) is -0.105. The molecule has 0 spiro atoms. The van der Waals surface area contributed by atoms with E-state index >= 15 is 0 Å². The van der Waals surface area contributed by atoms with Gasteiger partial charge in [0.15, 0.2) is 5.78 Å². The highest BCUT2D eigenvalue weighted by Gasteiger charge is 2.14. The summed E-state index contributed by atoms with van der Waals surface area (Å²) in [4.78, 5) is 22.0. The number of para-hydroxylation sites is 1. The average Bonchev–Trinajstić information content (AvgIpc) is 3.06. The molecule has 7 heteroatoms. The first-order valence-corrected chi connectivity index (χ1v) is 8.53. The standard InChI is InChI=1S/C19H14BrN3O3/c1-13(24)18(20)11-15-12-22(16-5-3-2-4-6-16)21-19(15)14-7-9-17(10-8-14)23(25)26/h2-12H,1H3/b18-11-. The Kier molecular flexibility index (Phi) is 5.09. The molecular weight excluding hydrogens is 398 g/mol. The summed E-state index contributed by atoms with van der Waals surface area (Å²) in [6.07, 6.45) is 3.52. The van der Waals surface area contributed by atoms with E-state index in [0.717, 1.165) is 16.8 Å². The molecule has 0 radical (unpaired) electrons. The molecule has 3 aromatic rings. The van der Waals surface area contributed by atoms with E-state index in [2.05, 4.69) is 21.0 Å². The normalized spacial score (nSPS) is 11.4. The van der Waals surface area contributed by atoms with Crippen molar-refractivity contribution < 1.29 is 9.72 Å². The molecule has 26 heavy (non-hydrogen) atoms. The van der Waals surface area contributed by atoms with E-state index in [1.54, 1.807) is 22.9 Å². The molecule has 2 aromatic carbocycles. The van der Waals surface area contributed by atoms with Gasteiger partial charge in [-0.3, -0.25) is 14.9 Å². The summed E-state index contributed by atoms with van der Waals surface area (Å²) >= 11 is 3.27. The number of rotatable bonds is 5. The van der Waals surface area contributed by atoms with Crippen LogP contribution in [0.15, 0.2) is 65.3 Å². The number of nitro benzene ring substituents is 1. The summed E-state index contributed by atoms with van der Waals surface area (Å²) < 4.78 is 2.14. The third-order valence-corrected chi connectivity index (χ3v) is 4.52. The fourth-order valence-electron chi connectivity index (χ4n) is 2.41. The third kappa shape index (κ3) is 3.78. The second-order valence-electron chi connectivity index (χ2n) is 5.57. The van der Waals surface area contributed by atoms with Gasteiger partial charge in [-0.25, -0.2) is 4.68 Å². The highest BCUT2D eigenvalue weighted by Crippen LogP contribution is 2.28. The van der Waals surface area contributed by atoms with Crippen molar-refractivity contribution in [1.29, 1.82) is 0 Å². The first kappa shape index (κ1) is 17.8.